The van der Waals surface area contributed by atoms with Gasteiger partial charge >= 0.3 is 0 Å². The number of anilines is 1. The zero-order chi connectivity index (χ0) is 21.8. The first-order chi connectivity index (χ1) is 15.0. The quantitative estimate of drug-likeness (QED) is 0.612. The van der Waals surface area contributed by atoms with E-state index in [0.29, 0.717) is 46.5 Å². The van der Waals surface area contributed by atoms with E-state index in [4.69, 9.17) is 21.1 Å². The van der Waals surface area contributed by atoms with Crippen LogP contribution in [0.4, 0.5) is 5.69 Å². The fourth-order valence-corrected chi connectivity index (χ4v) is 3.52. The Labute approximate surface area is 185 Å². The van der Waals surface area contributed by atoms with Crippen molar-refractivity contribution in [1.29, 1.82) is 0 Å². The monoisotopic (exact) mass is 436 g/mol. The zero-order valence-electron chi connectivity index (χ0n) is 16.9. The normalized spacial score (nSPS) is 12.2. The van der Waals surface area contributed by atoms with Crippen LogP contribution in [0.3, 0.4) is 0 Å². The first kappa shape index (κ1) is 20.8. The van der Waals surface area contributed by atoms with Crippen molar-refractivity contribution < 1.29 is 19.1 Å². The molecule has 0 radical (unpaired) electrons. The summed E-state index contributed by atoms with van der Waals surface area (Å²) in [5.74, 6) is 0.609. The average Bonchev–Trinajstić information content (AvgIpc) is 2.79. The largest absolute Gasteiger partial charge is 0.486 e. The van der Waals surface area contributed by atoms with Gasteiger partial charge in [0.05, 0.1) is 5.02 Å². The van der Waals surface area contributed by atoms with Crippen LogP contribution in [0.5, 0.6) is 11.5 Å². The minimum Gasteiger partial charge on any atom is -0.486 e. The number of ether oxygens (including phenoxy) is 2. The molecule has 0 aromatic heterocycles. The van der Waals surface area contributed by atoms with Gasteiger partial charge in [-0.15, -0.1) is 0 Å². The molecule has 1 aliphatic heterocycles. The highest BCUT2D eigenvalue weighted by Gasteiger charge is 2.17. The summed E-state index contributed by atoms with van der Waals surface area (Å²) in [6, 6.07) is 17.7. The predicted molar refractivity (Wildman–Crippen MR) is 119 cm³/mol. The van der Waals surface area contributed by atoms with Gasteiger partial charge in [-0.05, 0) is 54.4 Å². The van der Waals surface area contributed by atoms with E-state index >= 15 is 0 Å². The minimum atomic E-state index is -0.263. The van der Waals surface area contributed by atoms with Crippen LogP contribution < -0.4 is 20.1 Å². The van der Waals surface area contributed by atoms with E-state index < -0.39 is 0 Å². The van der Waals surface area contributed by atoms with Gasteiger partial charge < -0.3 is 20.1 Å². The van der Waals surface area contributed by atoms with Gasteiger partial charge in [0.2, 0.25) is 0 Å². The third-order valence-electron chi connectivity index (χ3n) is 4.89. The number of rotatable bonds is 5. The van der Waals surface area contributed by atoms with E-state index in [-0.39, 0.29) is 18.4 Å². The number of aryl methyl sites for hydroxylation is 1. The van der Waals surface area contributed by atoms with Gasteiger partial charge in [-0.3, -0.25) is 9.59 Å². The van der Waals surface area contributed by atoms with Crippen molar-refractivity contribution in [3.8, 4) is 11.5 Å². The summed E-state index contributed by atoms with van der Waals surface area (Å²) in [5, 5.41) is 6.19. The second kappa shape index (κ2) is 9.10. The van der Waals surface area contributed by atoms with E-state index in [1.165, 1.54) is 0 Å². The maximum Gasteiger partial charge on any atom is 0.255 e. The van der Waals surface area contributed by atoms with Crippen LogP contribution in [0.1, 0.15) is 31.8 Å². The zero-order valence-corrected chi connectivity index (χ0v) is 17.7. The molecule has 0 unspecified atom stereocenters. The molecule has 1 heterocycles. The maximum atomic E-state index is 12.7. The van der Waals surface area contributed by atoms with Gasteiger partial charge in [0.25, 0.3) is 11.8 Å². The summed E-state index contributed by atoms with van der Waals surface area (Å²) < 4.78 is 11.1. The summed E-state index contributed by atoms with van der Waals surface area (Å²) in [6.07, 6.45) is 0. The number of benzene rings is 3. The molecule has 7 heteroatoms. The van der Waals surface area contributed by atoms with Gasteiger partial charge in [-0.1, -0.05) is 35.9 Å². The Morgan fingerprint density at radius 1 is 0.935 bits per heavy atom. The molecule has 31 heavy (non-hydrogen) atoms. The number of nitrogens with one attached hydrogen (secondary N) is 2. The molecular formula is C24H21ClN2O4. The Hall–Kier alpha value is -3.51. The number of hydrogen-bond donors (Lipinski definition) is 2. The number of halogens is 1. The van der Waals surface area contributed by atoms with E-state index in [1.54, 1.807) is 54.6 Å². The third kappa shape index (κ3) is 4.81. The van der Waals surface area contributed by atoms with Crippen molar-refractivity contribution in [3.63, 3.8) is 0 Å². The molecule has 0 saturated carbocycles. The summed E-state index contributed by atoms with van der Waals surface area (Å²) in [6.45, 7) is 3.06. The molecule has 2 N–H and O–H groups in total. The number of carbonyl (C=O) groups excluding carboxylic acids is 2. The second-order valence-corrected chi connectivity index (χ2v) is 7.54. The molecule has 0 bridgehead atoms. The Balaban J connectivity index is 1.45. The van der Waals surface area contributed by atoms with Crippen LogP contribution in [0.25, 0.3) is 0 Å². The Morgan fingerprint density at radius 2 is 1.71 bits per heavy atom. The summed E-state index contributed by atoms with van der Waals surface area (Å²) >= 11 is 6.26. The van der Waals surface area contributed by atoms with E-state index in [1.807, 2.05) is 13.0 Å². The lowest BCUT2D eigenvalue weighted by Gasteiger charge is -2.20. The van der Waals surface area contributed by atoms with E-state index in [9.17, 15) is 9.59 Å². The molecule has 0 spiro atoms. The molecule has 3 aromatic carbocycles. The first-order valence-corrected chi connectivity index (χ1v) is 10.2. The predicted octanol–water partition coefficient (Wildman–Crippen LogP) is 4.60. The van der Waals surface area contributed by atoms with E-state index in [2.05, 4.69) is 10.6 Å². The highest BCUT2D eigenvalue weighted by molar-refractivity contribution is 6.32. The molecule has 2 amide bonds. The lowest BCUT2D eigenvalue weighted by atomic mass is 10.1. The van der Waals surface area contributed by atoms with Crippen molar-refractivity contribution >= 4 is 29.1 Å². The van der Waals surface area contributed by atoms with Crippen LogP contribution in [0.2, 0.25) is 5.02 Å². The molecule has 158 valence electrons. The minimum absolute atomic E-state index is 0.229. The maximum absolute atomic E-state index is 12.7. The lowest BCUT2D eigenvalue weighted by molar-refractivity contribution is 0.0949. The number of carbonyl (C=O) groups is 2. The Morgan fingerprint density at radius 3 is 2.52 bits per heavy atom. The summed E-state index contributed by atoms with van der Waals surface area (Å²) in [4.78, 5) is 25.2. The topological polar surface area (TPSA) is 76.7 Å². The third-order valence-corrected chi connectivity index (χ3v) is 5.17. The Bertz CT molecular complexity index is 1130. The second-order valence-electron chi connectivity index (χ2n) is 7.13. The van der Waals surface area contributed by atoms with Crippen LogP contribution >= 0.6 is 11.6 Å². The van der Waals surface area contributed by atoms with Crippen molar-refractivity contribution in [2.45, 2.75) is 13.5 Å². The smallest absolute Gasteiger partial charge is 0.255 e. The lowest BCUT2D eigenvalue weighted by Crippen LogP contribution is -2.23. The number of fused-ring (bicyclic) bond motifs is 1. The highest BCUT2D eigenvalue weighted by atomic mass is 35.5. The van der Waals surface area contributed by atoms with Crippen molar-refractivity contribution in [2.75, 3.05) is 18.5 Å². The van der Waals surface area contributed by atoms with Crippen LogP contribution in [0, 0.1) is 6.92 Å². The van der Waals surface area contributed by atoms with Crippen molar-refractivity contribution in [3.05, 3.63) is 87.9 Å². The average molecular weight is 437 g/mol. The number of amides is 2. The summed E-state index contributed by atoms with van der Waals surface area (Å²) in [7, 11) is 0. The molecular weight excluding hydrogens is 416 g/mol. The standard InChI is InChI=1S/C24H21ClN2O4/c1-15-7-8-18(13-20(15)27-24(29)17-5-3-2-4-6-17)23(28)26-14-16-11-19(25)22-21(12-16)30-9-10-31-22/h2-8,11-13H,9-10,14H2,1H3,(H,26,28)(H,27,29). The van der Waals surface area contributed by atoms with Crippen molar-refractivity contribution in [1.82, 2.24) is 5.32 Å². The van der Waals surface area contributed by atoms with Crippen LogP contribution in [-0.2, 0) is 6.54 Å². The molecule has 0 atom stereocenters. The molecule has 6 nitrogen and oxygen atoms in total. The Kier molecular flexibility index (Phi) is 6.09. The summed E-state index contributed by atoms with van der Waals surface area (Å²) in [5.41, 5.74) is 3.24. The molecule has 0 aliphatic carbocycles. The van der Waals surface area contributed by atoms with Crippen molar-refractivity contribution in [2.24, 2.45) is 0 Å². The van der Waals surface area contributed by atoms with Gasteiger partial charge in [0.15, 0.2) is 11.5 Å². The first-order valence-electron chi connectivity index (χ1n) is 9.84. The van der Waals surface area contributed by atoms with Gasteiger partial charge in [-0.25, -0.2) is 0 Å². The molecule has 1 aliphatic rings. The van der Waals surface area contributed by atoms with Crippen LogP contribution in [0.15, 0.2) is 60.7 Å². The SMILES string of the molecule is Cc1ccc(C(=O)NCc2cc(Cl)c3c(c2)OCCO3)cc1NC(=O)c1ccccc1. The van der Waals surface area contributed by atoms with E-state index in [0.717, 1.165) is 11.1 Å². The fraction of sp³-hybridized carbons (Fsp3) is 0.167. The molecule has 4 rings (SSSR count). The number of hydrogen-bond acceptors (Lipinski definition) is 4. The fourth-order valence-electron chi connectivity index (χ4n) is 3.23. The van der Waals surface area contributed by atoms with Gasteiger partial charge in [-0.2, -0.15) is 0 Å². The molecule has 0 fully saturated rings. The molecule has 0 saturated heterocycles. The van der Waals surface area contributed by atoms with Gasteiger partial charge in [0.1, 0.15) is 13.2 Å². The van der Waals surface area contributed by atoms with Gasteiger partial charge in [0, 0.05) is 23.4 Å². The highest BCUT2D eigenvalue weighted by Crippen LogP contribution is 2.38. The molecule has 3 aromatic rings. The van der Waals surface area contributed by atoms with Crippen LogP contribution in [-0.4, -0.2) is 25.0 Å².